The highest BCUT2D eigenvalue weighted by molar-refractivity contribution is 7.93. The van der Waals surface area contributed by atoms with Crippen molar-refractivity contribution in [3.8, 4) is 0 Å². The zero-order valence-electron chi connectivity index (χ0n) is 9.23. The van der Waals surface area contributed by atoms with Gasteiger partial charge in [-0.25, -0.2) is 17.9 Å². The van der Waals surface area contributed by atoms with Crippen molar-refractivity contribution in [3.05, 3.63) is 34.7 Å². The zero-order valence-corrected chi connectivity index (χ0v) is 10.0. The Morgan fingerprint density at radius 3 is 2.59 bits per heavy atom. The smallest absolute Gasteiger partial charge is 0.234 e. The summed E-state index contributed by atoms with van der Waals surface area (Å²) in [6.07, 6.45) is 4.05. The monoisotopic (exact) mass is 262 g/mol. The number of sulfonamides is 1. The van der Waals surface area contributed by atoms with Crippen molar-refractivity contribution >= 4 is 10.0 Å². The third-order valence-corrected chi connectivity index (χ3v) is 3.37. The summed E-state index contributed by atoms with van der Waals surface area (Å²) < 4.78 is 39.5. The molecule has 0 saturated carbocycles. The summed E-state index contributed by atoms with van der Waals surface area (Å²) >= 11 is 0. The second kappa shape index (κ2) is 5.95. The summed E-state index contributed by atoms with van der Waals surface area (Å²) in [7, 11) is -3.62. The van der Waals surface area contributed by atoms with Crippen LogP contribution in [0.1, 0.15) is 12.8 Å². The van der Waals surface area contributed by atoms with Gasteiger partial charge in [0.15, 0.2) is 0 Å². The van der Waals surface area contributed by atoms with Crippen LogP contribution in [0.4, 0.5) is 4.39 Å². The van der Waals surface area contributed by atoms with Crippen molar-refractivity contribution in [2.24, 2.45) is 10.9 Å². The molecule has 0 fully saturated rings. The van der Waals surface area contributed by atoms with E-state index in [-0.39, 0.29) is 18.1 Å². The molecule has 0 unspecified atom stereocenters. The topological polar surface area (TPSA) is 95.4 Å². The predicted molar refractivity (Wildman–Crippen MR) is 62.7 cm³/mol. The quantitative estimate of drug-likeness (QED) is 0.761. The standard InChI is InChI=1S/C10H15FN2O3S/c11-5-8(6-12)7-16-9-1-3-10(4-2-9)17(13,14)15/h1,3,5H,2,4,6-7,12H2,(H2,13,14,15)/b8-5+. The van der Waals surface area contributed by atoms with Crippen LogP contribution in [0.2, 0.25) is 0 Å². The molecule has 0 aromatic rings. The Morgan fingerprint density at radius 1 is 1.47 bits per heavy atom. The normalized spacial score (nSPS) is 17.5. The molecule has 7 heteroatoms. The highest BCUT2D eigenvalue weighted by atomic mass is 32.2. The van der Waals surface area contributed by atoms with E-state index in [2.05, 4.69) is 0 Å². The number of rotatable bonds is 5. The van der Waals surface area contributed by atoms with Crippen LogP contribution >= 0.6 is 0 Å². The molecule has 96 valence electrons. The summed E-state index contributed by atoms with van der Waals surface area (Å²) in [6, 6.07) is 0. The van der Waals surface area contributed by atoms with Gasteiger partial charge in [-0.1, -0.05) is 0 Å². The van der Waals surface area contributed by atoms with Gasteiger partial charge in [0.2, 0.25) is 10.0 Å². The first-order chi connectivity index (χ1) is 7.97. The number of ether oxygens (including phenoxy) is 1. The Balaban J connectivity index is 2.60. The van der Waals surface area contributed by atoms with E-state index in [1.165, 1.54) is 12.2 Å². The number of hydrogen-bond donors (Lipinski definition) is 2. The predicted octanol–water partition coefficient (Wildman–Crippen LogP) is 0.665. The molecule has 5 nitrogen and oxygen atoms in total. The maximum atomic E-state index is 12.2. The van der Waals surface area contributed by atoms with Crippen molar-refractivity contribution in [3.63, 3.8) is 0 Å². The highest BCUT2D eigenvalue weighted by Crippen LogP contribution is 2.22. The Morgan fingerprint density at radius 2 is 2.18 bits per heavy atom. The van der Waals surface area contributed by atoms with Gasteiger partial charge in [-0.05, 0) is 18.6 Å². The second-order valence-electron chi connectivity index (χ2n) is 3.57. The molecule has 0 atom stereocenters. The fourth-order valence-electron chi connectivity index (χ4n) is 1.28. The van der Waals surface area contributed by atoms with Crippen molar-refractivity contribution in [2.75, 3.05) is 13.2 Å². The van der Waals surface area contributed by atoms with Crippen LogP contribution in [0.3, 0.4) is 0 Å². The molecule has 1 aliphatic carbocycles. The molecular weight excluding hydrogens is 247 g/mol. The first-order valence-corrected chi connectivity index (χ1v) is 6.55. The molecule has 0 aliphatic heterocycles. The van der Waals surface area contributed by atoms with Crippen molar-refractivity contribution in [2.45, 2.75) is 12.8 Å². The lowest BCUT2D eigenvalue weighted by Gasteiger charge is -2.15. The van der Waals surface area contributed by atoms with Crippen LogP contribution in [-0.4, -0.2) is 21.6 Å². The van der Waals surface area contributed by atoms with E-state index in [0.29, 0.717) is 30.5 Å². The van der Waals surface area contributed by atoms with Gasteiger partial charge in [-0.2, -0.15) is 0 Å². The highest BCUT2D eigenvalue weighted by Gasteiger charge is 2.16. The lowest BCUT2D eigenvalue weighted by Crippen LogP contribution is -2.16. The summed E-state index contributed by atoms with van der Waals surface area (Å²) in [6.45, 7) is 0.152. The minimum absolute atomic E-state index is 0.0668. The van der Waals surface area contributed by atoms with Crippen molar-refractivity contribution in [1.82, 2.24) is 0 Å². The number of allylic oxidation sites excluding steroid dienone is 4. The molecule has 0 amide bonds. The van der Waals surface area contributed by atoms with Gasteiger partial charge in [-0.3, -0.25) is 0 Å². The van der Waals surface area contributed by atoms with E-state index < -0.39 is 10.0 Å². The SMILES string of the molecule is NC/C(=C\F)COC1=CC=C(S(N)(=O)=O)CC1. The number of hydrogen-bond acceptors (Lipinski definition) is 4. The lowest BCUT2D eigenvalue weighted by molar-refractivity contribution is 0.225. The fourth-order valence-corrected chi connectivity index (χ4v) is 1.92. The van der Waals surface area contributed by atoms with Crippen molar-refractivity contribution in [1.29, 1.82) is 0 Å². The van der Waals surface area contributed by atoms with Crippen LogP contribution < -0.4 is 10.9 Å². The molecule has 1 rings (SSSR count). The molecule has 0 spiro atoms. The molecular formula is C10H15FN2O3S. The molecule has 0 aromatic carbocycles. The van der Waals surface area contributed by atoms with Crippen LogP contribution in [0, 0.1) is 0 Å². The van der Waals surface area contributed by atoms with E-state index in [0.717, 1.165) is 0 Å². The van der Waals surface area contributed by atoms with Gasteiger partial charge in [0, 0.05) is 18.5 Å². The second-order valence-corrected chi connectivity index (χ2v) is 5.19. The molecule has 0 radical (unpaired) electrons. The van der Waals surface area contributed by atoms with Crippen LogP contribution in [0.25, 0.3) is 0 Å². The summed E-state index contributed by atoms with van der Waals surface area (Å²) in [5.74, 6) is 0.588. The van der Waals surface area contributed by atoms with Gasteiger partial charge in [-0.15, -0.1) is 0 Å². The van der Waals surface area contributed by atoms with E-state index in [1.807, 2.05) is 0 Å². The van der Waals surface area contributed by atoms with E-state index in [9.17, 15) is 12.8 Å². The minimum Gasteiger partial charge on any atom is -0.493 e. The Kier molecular flexibility index (Phi) is 4.86. The Hall–Kier alpha value is -1.18. The van der Waals surface area contributed by atoms with Crippen LogP contribution in [0.15, 0.2) is 34.7 Å². The Labute approximate surface area is 99.7 Å². The Bertz CT molecular complexity index is 466. The van der Waals surface area contributed by atoms with E-state index >= 15 is 0 Å². The summed E-state index contributed by atoms with van der Waals surface area (Å²) in [4.78, 5) is 0.171. The molecule has 1 aliphatic rings. The summed E-state index contributed by atoms with van der Waals surface area (Å²) in [5.41, 5.74) is 5.60. The van der Waals surface area contributed by atoms with E-state index in [1.54, 1.807) is 0 Å². The van der Waals surface area contributed by atoms with Gasteiger partial charge in [0.1, 0.15) is 6.61 Å². The third-order valence-electron chi connectivity index (χ3n) is 2.30. The molecule has 0 bridgehead atoms. The average molecular weight is 262 g/mol. The van der Waals surface area contributed by atoms with Gasteiger partial charge in [0.25, 0.3) is 0 Å². The first kappa shape index (κ1) is 13.9. The lowest BCUT2D eigenvalue weighted by atomic mass is 10.1. The zero-order chi connectivity index (χ0) is 12.9. The number of halogens is 1. The van der Waals surface area contributed by atoms with Gasteiger partial charge >= 0.3 is 0 Å². The third kappa shape index (κ3) is 4.29. The number of primary sulfonamides is 1. The maximum Gasteiger partial charge on any atom is 0.234 e. The largest absolute Gasteiger partial charge is 0.493 e. The fraction of sp³-hybridized carbons (Fsp3) is 0.400. The average Bonchev–Trinajstić information content (AvgIpc) is 2.30. The van der Waals surface area contributed by atoms with Crippen LogP contribution in [0.5, 0.6) is 0 Å². The first-order valence-electron chi connectivity index (χ1n) is 5.01. The molecule has 17 heavy (non-hydrogen) atoms. The van der Waals surface area contributed by atoms with Gasteiger partial charge in [0.05, 0.1) is 17.0 Å². The van der Waals surface area contributed by atoms with E-state index in [4.69, 9.17) is 15.6 Å². The minimum atomic E-state index is -3.62. The molecule has 4 N–H and O–H groups in total. The van der Waals surface area contributed by atoms with Gasteiger partial charge < -0.3 is 10.5 Å². The summed E-state index contributed by atoms with van der Waals surface area (Å²) in [5, 5.41) is 4.98. The molecule has 0 heterocycles. The number of nitrogens with two attached hydrogens (primary N) is 2. The van der Waals surface area contributed by atoms with Crippen molar-refractivity contribution < 1.29 is 17.5 Å². The molecule has 0 aromatic heterocycles. The molecule has 0 saturated heterocycles. The van der Waals surface area contributed by atoms with Crippen LogP contribution in [-0.2, 0) is 14.8 Å². The maximum absolute atomic E-state index is 12.2.